The Morgan fingerprint density at radius 3 is 2.43 bits per heavy atom. The molecule has 1 heterocycles. The number of hydrogen-bond donors (Lipinski definition) is 3. The Morgan fingerprint density at radius 1 is 1.13 bits per heavy atom. The van der Waals surface area contributed by atoms with Gasteiger partial charge in [-0.2, -0.15) is 13.2 Å². The van der Waals surface area contributed by atoms with E-state index >= 15 is 0 Å². The molecule has 0 radical (unpaired) electrons. The minimum atomic E-state index is -4.72. The van der Waals surface area contributed by atoms with Crippen LogP contribution in [0.1, 0.15) is 17.5 Å². The van der Waals surface area contributed by atoms with Gasteiger partial charge in [-0.15, -0.1) is 0 Å². The molecule has 0 aromatic heterocycles. The van der Waals surface area contributed by atoms with E-state index in [-0.39, 0.29) is 30.9 Å². The summed E-state index contributed by atoms with van der Waals surface area (Å²) in [4.78, 5) is 36.4. The van der Waals surface area contributed by atoms with E-state index in [1.807, 2.05) is 6.07 Å². The number of benzene rings is 2. The fraction of sp³-hybridized carbons (Fsp3) is 0.250. The zero-order valence-electron chi connectivity index (χ0n) is 15.6. The van der Waals surface area contributed by atoms with Crippen LogP contribution < -0.4 is 15.5 Å². The number of carboxylic acid groups (broad SMARTS) is 1. The third kappa shape index (κ3) is 5.07. The minimum Gasteiger partial charge on any atom is -0.481 e. The van der Waals surface area contributed by atoms with Crippen LogP contribution in [0, 0.1) is 5.92 Å². The Hall–Kier alpha value is -3.56. The van der Waals surface area contributed by atoms with Gasteiger partial charge in [-0.25, -0.2) is 4.79 Å². The predicted octanol–water partition coefficient (Wildman–Crippen LogP) is 3.46. The normalized spacial score (nSPS) is 16.4. The standard InChI is InChI=1S/C20H18F3N3O4/c21-20(22,23)14-7-15(25-19(30)24-10-12-4-2-1-3-5-12)9-16(8-14)26-11-13(18(28)29)6-17(26)27/h1-5,7-9,13H,6,10-11H2,(H,28,29)(H2,24,25,30). The van der Waals surface area contributed by atoms with Crippen molar-refractivity contribution in [3.63, 3.8) is 0 Å². The summed E-state index contributed by atoms with van der Waals surface area (Å²) in [6.45, 7) is -0.0709. The van der Waals surface area contributed by atoms with E-state index < -0.39 is 35.6 Å². The van der Waals surface area contributed by atoms with Crippen LogP contribution in [0.25, 0.3) is 0 Å². The molecule has 1 aliphatic heterocycles. The Balaban J connectivity index is 1.80. The molecule has 2 aromatic rings. The first kappa shape index (κ1) is 21.2. The number of amides is 3. The number of rotatable bonds is 5. The lowest BCUT2D eigenvalue weighted by Gasteiger charge is -2.20. The van der Waals surface area contributed by atoms with Crippen molar-refractivity contribution < 1.29 is 32.7 Å². The van der Waals surface area contributed by atoms with Crippen LogP contribution in [0.3, 0.4) is 0 Å². The van der Waals surface area contributed by atoms with Gasteiger partial charge < -0.3 is 20.6 Å². The molecule has 158 valence electrons. The molecule has 0 saturated carbocycles. The number of hydrogen-bond acceptors (Lipinski definition) is 3. The monoisotopic (exact) mass is 421 g/mol. The van der Waals surface area contributed by atoms with Crippen LogP contribution in [0.2, 0.25) is 0 Å². The summed E-state index contributed by atoms with van der Waals surface area (Å²) < 4.78 is 40.0. The van der Waals surface area contributed by atoms with Gasteiger partial charge in [0.2, 0.25) is 5.91 Å². The highest BCUT2D eigenvalue weighted by Gasteiger charge is 2.37. The molecule has 1 aliphatic rings. The lowest BCUT2D eigenvalue weighted by atomic mass is 10.1. The van der Waals surface area contributed by atoms with E-state index in [4.69, 9.17) is 5.11 Å². The zero-order valence-corrected chi connectivity index (χ0v) is 15.6. The highest BCUT2D eigenvalue weighted by Crippen LogP contribution is 2.36. The number of anilines is 2. The second kappa shape index (κ2) is 8.44. The number of urea groups is 1. The molecular weight excluding hydrogens is 403 g/mol. The molecule has 2 aromatic carbocycles. The van der Waals surface area contributed by atoms with Gasteiger partial charge in [0.15, 0.2) is 0 Å². The highest BCUT2D eigenvalue weighted by molar-refractivity contribution is 6.00. The van der Waals surface area contributed by atoms with Crippen molar-refractivity contribution in [3.05, 3.63) is 59.7 Å². The maximum absolute atomic E-state index is 13.3. The Bertz CT molecular complexity index is 964. The second-order valence-corrected chi connectivity index (χ2v) is 6.80. The van der Waals surface area contributed by atoms with Gasteiger partial charge in [0.1, 0.15) is 0 Å². The largest absolute Gasteiger partial charge is 0.481 e. The maximum atomic E-state index is 13.3. The van der Waals surface area contributed by atoms with Crippen molar-refractivity contribution in [1.29, 1.82) is 0 Å². The fourth-order valence-corrected chi connectivity index (χ4v) is 3.08. The number of carbonyl (C=O) groups excluding carboxylic acids is 2. The van der Waals surface area contributed by atoms with Crippen LogP contribution in [-0.2, 0) is 22.3 Å². The summed E-state index contributed by atoms with van der Waals surface area (Å²) in [6, 6.07) is 10.9. The fourth-order valence-electron chi connectivity index (χ4n) is 3.08. The van der Waals surface area contributed by atoms with Crippen molar-refractivity contribution in [1.82, 2.24) is 5.32 Å². The SMILES string of the molecule is O=C(NCc1ccccc1)Nc1cc(N2CC(C(=O)O)CC2=O)cc(C(F)(F)F)c1. The first-order valence-corrected chi connectivity index (χ1v) is 8.97. The minimum absolute atomic E-state index is 0.128. The molecule has 0 aliphatic carbocycles. The van der Waals surface area contributed by atoms with Gasteiger partial charge in [0.25, 0.3) is 0 Å². The molecule has 3 rings (SSSR count). The molecule has 30 heavy (non-hydrogen) atoms. The van der Waals surface area contributed by atoms with E-state index in [1.54, 1.807) is 24.3 Å². The molecule has 1 fully saturated rings. The highest BCUT2D eigenvalue weighted by atomic mass is 19.4. The van der Waals surface area contributed by atoms with Gasteiger partial charge >= 0.3 is 18.2 Å². The third-order valence-electron chi connectivity index (χ3n) is 4.58. The van der Waals surface area contributed by atoms with Crippen molar-refractivity contribution >= 4 is 29.3 Å². The van der Waals surface area contributed by atoms with Crippen molar-refractivity contribution in [2.45, 2.75) is 19.1 Å². The Kier molecular flexibility index (Phi) is 5.95. The summed E-state index contributed by atoms with van der Waals surface area (Å²) in [5.41, 5.74) is -0.557. The van der Waals surface area contributed by atoms with Crippen molar-refractivity contribution in [3.8, 4) is 0 Å². The molecule has 0 spiro atoms. The number of alkyl halides is 3. The van der Waals surface area contributed by atoms with E-state index in [1.165, 1.54) is 6.07 Å². The average molecular weight is 421 g/mol. The van der Waals surface area contributed by atoms with Crippen LogP contribution in [0.5, 0.6) is 0 Å². The lowest BCUT2D eigenvalue weighted by Crippen LogP contribution is -2.29. The molecule has 1 atom stereocenters. The third-order valence-corrected chi connectivity index (χ3v) is 4.58. The number of halogens is 3. The average Bonchev–Trinajstić information content (AvgIpc) is 3.08. The molecule has 3 N–H and O–H groups in total. The molecule has 1 unspecified atom stereocenters. The molecular formula is C20H18F3N3O4. The van der Waals surface area contributed by atoms with Gasteiger partial charge in [0.05, 0.1) is 11.5 Å². The molecule has 0 bridgehead atoms. The van der Waals surface area contributed by atoms with Gasteiger partial charge in [-0.1, -0.05) is 30.3 Å². The van der Waals surface area contributed by atoms with E-state index in [2.05, 4.69) is 10.6 Å². The van der Waals surface area contributed by atoms with Crippen LogP contribution in [0.15, 0.2) is 48.5 Å². The van der Waals surface area contributed by atoms with Crippen molar-refractivity contribution in [2.75, 3.05) is 16.8 Å². The predicted molar refractivity (Wildman–Crippen MR) is 102 cm³/mol. The number of nitrogens with zero attached hydrogens (tertiary/aromatic N) is 1. The van der Waals surface area contributed by atoms with Crippen LogP contribution >= 0.6 is 0 Å². The van der Waals surface area contributed by atoms with Crippen LogP contribution in [0.4, 0.5) is 29.3 Å². The molecule has 7 nitrogen and oxygen atoms in total. The number of nitrogens with one attached hydrogen (secondary N) is 2. The van der Waals surface area contributed by atoms with E-state index in [0.717, 1.165) is 22.6 Å². The summed E-state index contributed by atoms with van der Waals surface area (Å²) in [7, 11) is 0. The molecule has 10 heteroatoms. The first-order chi connectivity index (χ1) is 14.1. The second-order valence-electron chi connectivity index (χ2n) is 6.80. The maximum Gasteiger partial charge on any atom is 0.416 e. The summed E-state index contributed by atoms with van der Waals surface area (Å²) >= 11 is 0. The molecule has 3 amide bonds. The quantitative estimate of drug-likeness (QED) is 0.689. The number of carboxylic acids is 1. The number of carbonyl (C=O) groups is 3. The van der Waals surface area contributed by atoms with E-state index in [0.29, 0.717) is 0 Å². The van der Waals surface area contributed by atoms with Gasteiger partial charge in [-0.05, 0) is 23.8 Å². The zero-order chi connectivity index (χ0) is 21.9. The summed E-state index contributed by atoms with van der Waals surface area (Å²) in [5, 5.41) is 14.0. The first-order valence-electron chi connectivity index (χ1n) is 8.97. The molecule has 1 saturated heterocycles. The number of aliphatic carboxylic acids is 1. The van der Waals surface area contributed by atoms with Crippen molar-refractivity contribution in [2.24, 2.45) is 5.92 Å². The Labute approximate surface area is 169 Å². The Morgan fingerprint density at radius 2 is 1.83 bits per heavy atom. The topological polar surface area (TPSA) is 98.7 Å². The van der Waals surface area contributed by atoms with E-state index in [9.17, 15) is 27.6 Å². The summed E-state index contributed by atoms with van der Waals surface area (Å²) in [6.07, 6.45) is -5.02. The summed E-state index contributed by atoms with van der Waals surface area (Å²) in [5.74, 6) is -2.80. The van der Waals surface area contributed by atoms with Gasteiger partial charge in [-0.3, -0.25) is 9.59 Å². The lowest BCUT2D eigenvalue weighted by molar-refractivity contribution is -0.141. The van der Waals surface area contributed by atoms with Gasteiger partial charge in [0, 0.05) is 30.9 Å². The van der Waals surface area contributed by atoms with Crippen LogP contribution in [-0.4, -0.2) is 29.6 Å². The smallest absolute Gasteiger partial charge is 0.416 e.